The first-order valence-corrected chi connectivity index (χ1v) is 5.50. The first kappa shape index (κ1) is 12.8. The van der Waals surface area contributed by atoms with Crippen molar-refractivity contribution in [1.29, 1.82) is 0 Å². The van der Waals surface area contributed by atoms with Crippen LogP contribution in [0.15, 0.2) is 18.2 Å². The van der Waals surface area contributed by atoms with E-state index in [1.54, 1.807) is 12.1 Å². The van der Waals surface area contributed by atoms with E-state index in [1.807, 2.05) is 19.9 Å². The first-order valence-electron chi connectivity index (χ1n) is 5.50. The summed E-state index contributed by atoms with van der Waals surface area (Å²) < 4.78 is 10.8. The van der Waals surface area contributed by atoms with Crippen LogP contribution in [0.4, 0.5) is 0 Å². The van der Waals surface area contributed by atoms with Crippen molar-refractivity contribution in [3.05, 3.63) is 23.8 Å². The van der Waals surface area contributed by atoms with Crippen LogP contribution in [0.3, 0.4) is 0 Å². The van der Waals surface area contributed by atoms with Gasteiger partial charge in [-0.2, -0.15) is 0 Å². The van der Waals surface area contributed by atoms with Crippen LogP contribution in [-0.2, 0) is 0 Å². The summed E-state index contributed by atoms with van der Waals surface area (Å²) in [7, 11) is 0. The van der Waals surface area contributed by atoms with Gasteiger partial charge in [0.05, 0.1) is 19.3 Å². The summed E-state index contributed by atoms with van der Waals surface area (Å²) in [5.41, 5.74) is 6.12. The van der Waals surface area contributed by atoms with Crippen LogP contribution in [0.25, 0.3) is 0 Å². The van der Waals surface area contributed by atoms with Crippen molar-refractivity contribution in [2.24, 2.45) is 5.73 Å². The predicted molar refractivity (Wildman–Crippen MR) is 62.8 cm³/mol. The highest BCUT2D eigenvalue weighted by atomic mass is 16.5. The Morgan fingerprint density at radius 1 is 1.25 bits per heavy atom. The normalized spacial score (nSPS) is 12.2. The number of nitrogens with two attached hydrogens (primary N) is 1. The lowest BCUT2D eigenvalue weighted by molar-refractivity contribution is 0.179. The zero-order valence-corrected chi connectivity index (χ0v) is 9.77. The van der Waals surface area contributed by atoms with Gasteiger partial charge in [-0.3, -0.25) is 0 Å². The first-order chi connectivity index (χ1) is 7.72. The minimum Gasteiger partial charge on any atom is -0.494 e. The van der Waals surface area contributed by atoms with Gasteiger partial charge in [0, 0.05) is 12.1 Å². The van der Waals surface area contributed by atoms with E-state index < -0.39 is 6.10 Å². The van der Waals surface area contributed by atoms with Gasteiger partial charge in [0.2, 0.25) is 0 Å². The van der Waals surface area contributed by atoms with Crippen LogP contribution >= 0.6 is 0 Å². The molecule has 90 valence electrons. The molecule has 1 aromatic rings. The largest absolute Gasteiger partial charge is 0.494 e. The molecule has 0 saturated carbocycles. The molecule has 1 atom stereocenters. The third-order valence-corrected chi connectivity index (χ3v) is 2.17. The van der Waals surface area contributed by atoms with E-state index >= 15 is 0 Å². The SMILES string of the molecule is CCOc1ccc(OCC)c([C@@H](O)CN)c1. The molecule has 0 aliphatic rings. The number of benzene rings is 1. The number of rotatable bonds is 6. The lowest BCUT2D eigenvalue weighted by atomic mass is 10.1. The van der Waals surface area contributed by atoms with Gasteiger partial charge in [-0.05, 0) is 32.0 Å². The zero-order chi connectivity index (χ0) is 12.0. The van der Waals surface area contributed by atoms with Crippen LogP contribution in [0.5, 0.6) is 11.5 Å². The van der Waals surface area contributed by atoms with Crippen molar-refractivity contribution in [3.63, 3.8) is 0 Å². The highest BCUT2D eigenvalue weighted by Crippen LogP contribution is 2.29. The molecule has 0 heterocycles. The summed E-state index contributed by atoms with van der Waals surface area (Å²) in [6.07, 6.45) is -0.720. The molecule has 0 aliphatic heterocycles. The van der Waals surface area contributed by atoms with E-state index in [9.17, 15) is 5.11 Å². The quantitative estimate of drug-likeness (QED) is 0.769. The van der Waals surface area contributed by atoms with E-state index in [2.05, 4.69) is 0 Å². The Kier molecular flexibility index (Phi) is 5.08. The second kappa shape index (κ2) is 6.35. The van der Waals surface area contributed by atoms with Crippen molar-refractivity contribution in [2.45, 2.75) is 20.0 Å². The third-order valence-electron chi connectivity index (χ3n) is 2.17. The topological polar surface area (TPSA) is 64.7 Å². The summed E-state index contributed by atoms with van der Waals surface area (Å²) in [6.45, 7) is 5.12. The Morgan fingerprint density at radius 2 is 1.94 bits per heavy atom. The van der Waals surface area contributed by atoms with Gasteiger partial charge in [0.25, 0.3) is 0 Å². The van der Waals surface area contributed by atoms with Gasteiger partial charge in [0.1, 0.15) is 11.5 Å². The van der Waals surface area contributed by atoms with Crippen molar-refractivity contribution in [2.75, 3.05) is 19.8 Å². The molecule has 0 aliphatic carbocycles. The molecule has 4 heteroatoms. The molecule has 0 amide bonds. The molecular formula is C12H19NO3. The number of ether oxygens (including phenoxy) is 2. The maximum Gasteiger partial charge on any atom is 0.125 e. The number of hydrogen-bond donors (Lipinski definition) is 2. The fourth-order valence-corrected chi connectivity index (χ4v) is 1.46. The Labute approximate surface area is 96.0 Å². The van der Waals surface area contributed by atoms with Gasteiger partial charge in [-0.15, -0.1) is 0 Å². The minimum absolute atomic E-state index is 0.162. The Hall–Kier alpha value is -1.26. The van der Waals surface area contributed by atoms with Gasteiger partial charge in [-0.1, -0.05) is 0 Å². The monoisotopic (exact) mass is 225 g/mol. The second-order valence-electron chi connectivity index (χ2n) is 3.32. The molecule has 0 radical (unpaired) electrons. The number of aliphatic hydroxyl groups excluding tert-OH is 1. The van der Waals surface area contributed by atoms with Crippen LogP contribution in [-0.4, -0.2) is 24.9 Å². The highest BCUT2D eigenvalue weighted by molar-refractivity contribution is 5.41. The lowest BCUT2D eigenvalue weighted by Gasteiger charge is -2.15. The highest BCUT2D eigenvalue weighted by Gasteiger charge is 2.13. The number of hydrogen-bond acceptors (Lipinski definition) is 4. The maximum absolute atomic E-state index is 9.77. The minimum atomic E-state index is -0.720. The smallest absolute Gasteiger partial charge is 0.125 e. The van der Waals surface area contributed by atoms with E-state index in [0.717, 1.165) is 0 Å². The molecule has 0 spiro atoms. The zero-order valence-electron chi connectivity index (χ0n) is 9.77. The fourth-order valence-electron chi connectivity index (χ4n) is 1.46. The number of aliphatic hydroxyl groups is 1. The molecule has 3 N–H and O–H groups in total. The standard InChI is InChI=1S/C12H19NO3/c1-3-15-9-5-6-12(16-4-2)10(7-9)11(14)8-13/h5-7,11,14H,3-4,8,13H2,1-2H3/t11-/m0/s1. The lowest BCUT2D eigenvalue weighted by Crippen LogP contribution is -2.13. The van der Waals surface area contributed by atoms with Crippen LogP contribution in [0.2, 0.25) is 0 Å². The Balaban J connectivity index is 3.00. The van der Waals surface area contributed by atoms with Crippen LogP contribution < -0.4 is 15.2 Å². The summed E-state index contributed by atoms with van der Waals surface area (Å²) in [4.78, 5) is 0. The average Bonchev–Trinajstić information content (AvgIpc) is 2.31. The van der Waals surface area contributed by atoms with Gasteiger partial charge in [0.15, 0.2) is 0 Å². The molecular weight excluding hydrogens is 206 g/mol. The van der Waals surface area contributed by atoms with Crippen LogP contribution in [0.1, 0.15) is 25.5 Å². The molecule has 0 unspecified atom stereocenters. The Morgan fingerprint density at radius 3 is 2.50 bits per heavy atom. The molecule has 1 aromatic carbocycles. The third kappa shape index (κ3) is 3.12. The Bertz CT molecular complexity index is 328. The van der Waals surface area contributed by atoms with E-state index in [1.165, 1.54) is 0 Å². The second-order valence-corrected chi connectivity index (χ2v) is 3.32. The molecule has 0 fully saturated rings. The van der Waals surface area contributed by atoms with Gasteiger partial charge >= 0.3 is 0 Å². The summed E-state index contributed by atoms with van der Waals surface area (Å²) in [6, 6.07) is 5.38. The molecule has 16 heavy (non-hydrogen) atoms. The van der Waals surface area contributed by atoms with E-state index in [-0.39, 0.29) is 6.54 Å². The van der Waals surface area contributed by atoms with Gasteiger partial charge in [-0.25, -0.2) is 0 Å². The summed E-state index contributed by atoms with van der Waals surface area (Å²) >= 11 is 0. The van der Waals surface area contributed by atoms with Crippen molar-refractivity contribution >= 4 is 0 Å². The maximum atomic E-state index is 9.77. The molecule has 0 saturated heterocycles. The van der Waals surface area contributed by atoms with Crippen molar-refractivity contribution in [3.8, 4) is 11.5 Å². The fraction of sp³-hybridized carbons (Fsp3) is 0.500. The summed E-state index contributed by atoms with van der Waals surface area (Å²) in [5, 5.41) is 9.77. The molecule has 4 nitrogen and oxygen atoms in total. The van der Waals surface area contributed by atoms with Crippen molar-refractivity contribution < 1.29 is 14.6 Å². The van der Waals surface area contributed by atoms with Gasteiger partial charge < -0.3 is 20.3 Å². The molecule has 0 aromatic heterocycles. The van der Waals surface area contributed by atoms with E-state index in [0.29, 0.717) is 30.3 Å². The molecule has 0 bridgehead atoms. The molecule has 1 rings (SSSR count). The van der Waals surface area contributed by atoms with E-state index in [4.69, 9.17) is 15.2 Å². The predicted octanol–water partition coefficient (Wildman–Crippen LogP) is 1.48. The average molecular weight is 225 g/mol. The summed E-state index contributed by atoms with van der Waals surface area (Å²) in [5.74, 6) is 1.37. The van der Waals surface area contributed by atoms with Crippen LogP contribution in [0, 0.1) is 0 Å². The van der Waals surface area contributed by atoms with Crippen molar-refractivity contribution in [1.82, 2.24) is 0 Å².